The third-order valence-corrected chi connectivity index (χ3v) is 5.17. The van der Waals surface area contributed by atoms with Gasteiger partial charge in [0.15, 0.2) is 5.75 Å². The van der Waals surface area contributed by atoms with Gasteiger partial charge in [0.1, 0.15) is 5.75 Å². The maximum Gasteiger partial charge on any atom is 0.242 e. The number of rotatable bonds is 4. The van der Waals surface area contributed by atoms with Crippen LogP contribution in [0.4, 0.5) is 0 Å². The molecule has 112 valence electrons. The van der Waals surface area contributed by atoms with Crippen molar-refractivity contribution in [3.05, 3.63) is 52.5 Å². The minimum absolute atomic E-state index is 0.185. The molecular weight excluding hydrogens is 333 g/mol. The summed E-state index contributed by atoms with van der Waals surface area (Å²) < 4.78 is 30.6. The molecule has 2 rings (SSSR count). The normalized spacial score (nSPS) is 11.7. The largest absolute Gasteiger partial charge is 0.454 e. The van der Waals surface area contributed by atoms with Crippen LogP contribution < -0.4 is 4.74 Å². The van der Waals surface area contributed by atoms with Gasteiger partial charge in [0, 0.05) is 14.1 Å². The third kappa shape index (κ3) is 3.49. The van der Waals surface area contributed by atoms with E-state index < -0.39 is 10.0 Å². The zero-order valence-electron chi connectivity index (χ0n) is 11.4. The van der Waals surface area contributed by atoms with Gasteiger partial charge in [-0.3, -0.25) is 0 Å². The summed E-state index contributed by atoms with van der Waals surface area (Å²) in [4.78, 5) is 0.185. The van der Waals surface area contributed by atoms with E-state index in [0.29, 0.717) is 21.5 Å². The number of nitrogens with zero attached hydrogens (tertiary/aromatic N) is 1. The van der Waals surface area contributed by atoms with Crippen molar-refractivity contribution in [2.24, 2.45) is 0 Å². The van der Waals surface area contributed by atoms with Crippen molar-refractivity contribution in [1.82, 2.24) is 4.31 Å². The molecular formula is C14H13Cl2NO3S. The molecule has 0 spiro atoms. The van der Waals surface area contributed by atoms with E-state index in [9.17, 15) is 8.42 Å². The minimum Gasteiger partial charge on any atom is -0.454 e. The first-order valence-corrected chi connectivity index (χ1v) is 8.16. The van der Waals surface area contributed by atoms with Crippen molar-refractivity contribution >= 4 is 33.2 Å². The van der Waals surface area contributed by atoms with E-state index >= 15 is 0 Å². The first-order valence-electron chi connectivity index (χ1n) is 5.97. The van der Waals surface area contributed by atoms with Gasteiger partial charge in [-0.2, -0.15) is 0 Å². The Kier molecular flexibility index (Phi) is 4.78. The number of benzene rings is 2. The third-order valence-electron chi connectivity index (χ3n) is 2.74. The van der Waals surface area contributed by atoms with Crippen molar-refractivity contribution in [3.63, 3.8) is 0 Å². The van der Waals surface area contributed by atoms with Gasteiger partial charge in [-0.25, -0.2) is 12.7 Å². The summed E-state index contributed by atoms with van der Waals surface area (Å²) in [7, 11) is -0.506. The number of sulfonamides is 1. The zero-order valence-corrected chi connectivity index (χ0v) is 13.7. The second-order valence-corrected chi connectivity index (χ2v) is 7.38. The average molecular weight is 346 g/mol. The number of hydrogen-bond donors (Lipinski definition) is 0. The molecule has 4 nitrogen and oxygen atoms in total. The Bertz CT molecular complexity index is 723. The summed E-state index contributed by atoms with van der Waals surface area (Å²) in [6, 6.07) is 11.1. The van der Waals surface area contributed by atoms with Crippen LogP contribution in [0.5, 0.6) is 11.5 Å². The monoisotopic (exact) mass is 345 g/mol. The highest BCUT2D eigenvalue weighted by atomic mass is 35.5. The van der Waals surface area contributed by atoms with E-state index in [1.54, 1.807) is 30.3 Å². The van der Waals surface area contributed by atoms with Gasteiger partial charge in [-0.15, -0.1) is 0 Å². The molecule has 0 atom stereocenters. The van der Waals surface area contributed by atoms with Crippen LogP contribution in [0.25, 0.3) is 0 Å². The molecule has 7 heteroatoms. The Labute approximate surface area is 133 Å². The molecule has 0 fully saturated rings. The van der Waals surface area contributed by atoms with Gasteiger partial charge in [0.2, 0.25) is 10.0 Å². The summed E-state index contributed by atoms with van der Waals surface area (Å²) in [5, 5.41) is 0.764. The second-order valence-electron chi connectivity index (χ2n) is 4.41. The number of hydrogen-bond acceptors (Lipinski definition) is 3. The Morgan fingerprint density at radius 2 is 1.48 bits per heavy atom. The fraction of sp³-hybridized carbons (Fsp3) is 0.143. The molecule has 0 bridgehead atoms. The Balaban J connectivity index is 2.29. The highest BCUT2D eigenvalue weighted by molar-refractivity contribution is 7.89. The maximum atomic E-state index is 12.0. The molecule has 0 radical (unpaired) electrons. The lowest BCUT2D eigenvalue weighted by Gasteiger charge is -2.12. The van der Waals surface area contributed by atoms with Crippen LogP contribution in [0, 0.1) is 0 Å². The lowest BCUT2D eigenvalue weighted by atomic mass is 10.3. The van der Waals surface area contributed by atoms with Crippen LogP contribution in [0.3, 0.4) is 0 Å². The van der Waals surface area contributed by atoms with Crippen LogP contribution in [0.1, 0.15) is 0 Å². The van der Waals surface area contributed by atoms with Crippen molar-refractivity contribution < 1.29 is 13.2 Å². The predicted molar refractivity (Wildman–Crippen MR) is 83.9 cm³/mol. The van der Waals surface area contributed by atoms with Crippen molar-refractivity contribution in [1.29, 1.82) is 0 Å². The number of para-hydroxylation sites is 1. The first-order chi connectivity index (χ1) is 9.82. The summed E-state index contributed by atoms with van der Waals surface area (Å²) in [5.41, 5.74) is 0. The lowest BCUT2D eigenvalue weighted by Crippen LogP contribution is -2.22. The fourth-order valence-electron chi connectivity index (χ4n) is 1.59. The standard InChI is InChI=1S/C14H13Cl2NO3S/c1-17(2)21(18,19)11-8-6-10(7-9-11)20-14-12(15)4-3-5-13(14)16/h3-9H,1-2H3. The number of ether oxygens (including phenoxy) is 1. The molecule has 0 N–H and O–H groups in total. The molecule has 0 aliphatic carbocycles. The van der Waals surface area contributed by atoms with Crippen molar-refractivity contribution in [3.8, 4) is 11.5 Å². The zero-order chi connectivity index (χ0) is 15.6. The lowest BCUT2D eigenvalue weighted by molar-refractivity contribution is 0.482. The fourth-order valence-corrected chi connectivity index (χ4v) is 2.96. The van der Waals surface area contributed by atoms with Gasteiger partial charge in [-0.1, -0.05) is 29.3 Å². The highest BCUT2D eigenvalue weighted by Crippen LogP contribution is 2.36. The van der Waals surface area contributed by atoms with Crippen LogP contribution in [-0.4, -0.2) is 26.8 Å². The molecule has 0 heterocycles. The van der Waals surface area contributed by atoms with Gasteiger partial charge in [-0.05, 0) is 36.4 Å². The summed E-state index contributed by atoms with van der Waals surface area (Å²) in [6.07, 6.45) is 0. The molecule has 0 aliphatic heterocycles. The Morgan fingerprint density at radius 1 is 0.952 bits per heavy atom. The topological polar surface area (TPSA) is 46.6 Å². The highest BCUT2D eigenvalue weighted by Gasteiger charge is 2.17. The maximum absolute atomic E-state index is 12.0. The predicted octanol–water partition coefficient (Wildman–Crippen LogP) is 4.04. The molecule has 0 saturated heterocycles. The van der Waals surface area contributed by atoms with E-state index in [0.717, 1.165) is 4.31 Å². The van der Waals surface area contributed by atoms with E-state index in [1.807, 2.05) is 0 Å². The SMILES string of the molecule is CN(C)S(=O)(=O)c1ccc(Oc2c(Cl)cccc2Cl)cc1. The molecule has 0 aliphatic rings. The second kappa shape index (κ2) is 6.23. The molecule has 0 amide bonds. The average Bonchev–Trinajstić information content (AvgIpc) is 2.43. The van der Waals surface area contributed by atoms with Gasteiger partial charge < -0.3 is 4.74 Å². The van der Waals surface area contributed by atoms with Crippen molar-refractivity contribution in [2.75, 3.05) is 14.1 Å². The molecule has 0 aromatic heterocycles. The van der Waals surface area contributed by atoms with E-state index in [2.05, 4.69) is 0 Å². The van der Waals surface area contributed by atoms with Crippen molar-refractivity contribution in [2.45, 2.75) is 4.90 Å². The van der Waals surface area contributed by atoms with Crippen LogP contribution in [0.2, 0.25) is 10.0 Å². The summed E-state index contributed by atoms with van der Waals surface area (Å²) in [6.45, 7) is 0. The Hall–Kier alpha value is -1.27. The molecule has 2 aromatic rings. The minimum atomic E-state index is -3.46. The van der Waals surface area contributed by atoms with E-state index in [-0.39, 0.29) is 4.90 Å². The molecule has 0 unspecified atom stereocenters. The van der Waals surface area contributed by atoms with Gasteiger partial charge in [0.05, 0.1) is 14.9 Å². The first kappa shape index (κ1) is 16.1. The quantitative estimate of drug-likeness (QED) is 0.840. The smallest absolute Gasteiger partial charge is 0.242 e. The number of halogens is 2. The van der Waals surface area contributed by atoms with E-state index in [1.165, 1.54) is 26.2 Å². The van der Waals surface area contributed by atoms with Gasteiger partial charge >= 0.3 is 0 Å². The molecule has 21 heavy (non-hydrogen) atoms. The van der Waals surface area contributed by atoms with Crippen LogP contribution in [0.15, 0.2) is 47.4 Å². The van der Waals surface area contributed by atoms with E-state index in [4.69, 9.17) is 27.9 Å². The Morgan fingerprint density at radius 3 is 1.95 bits per heavy atom. The van der Waals surface area contributed by atoms with Gasteiger partial charge in [0.25, 0.3) is 0 Å². The summed E-state index contributed by atoms with van der Waals surface area (Å²) >= 11 is 12.0. The molecule has 0 saturated carbocycles. The van der Waals surface area contributed by atoms with Crippen LogP contribution >= 0.6 is 23.2 Å². The molecule has 2 aromatic carbocycles. The van der Waals surface area contributed by atoms with Crippen LogP contribution in [-0.2, 0) is 10.0 Å². The summed E-state index contributed by atoms with van der Waals surface area (Å²) in [5.74, 6) is 0.784.